The van der Waals surface area contributed by atoms with Crippen molar-refractivity contribution >= 4 is 42.4 Å². The zero-order valence-corrected chi connectivity index (χ0v) is 17.3. The van der Waals surface area contributed by atoms with Gasteiger partial charge in [-0.15, -0.1) is 0 Å². The molecule has 0 amide bonds. The highest BCUT2D eigenvalue weighted by Crippen LogP contribution is 2.32. The molecule has 0 spiro atoms. The molecule has 1 saturated heterocycles. The van der Waals surface area contributed by atoms with Gasteiger partial charge in [-0.05, 0) is 42.8 Å². The lowest BCUT2D eigenvalue weighted by molar-refractivity contribution is 0.122. The molecule has 0 aliphatic carbocycles. The van der Waals surface area contributed by atoms with Crippen molar-refractivity contribution in [1.82, 2.24) is 4.98 Å². The lowest BCUT2D eigenvalue weighted by atomic mass is 10.2. The van der Waals surface area contributed by atoms with E-state index in [1.165, 1.54) is 7.11 Å². The van der Waals surface area contributed by atoms with Crippen LogP contribution in [0.4, 0.5) is 10.8 Å². The van der Waals surface area contributed by atoms with Gasteiger partial charge in [0.1, 0.15) is 10.6 Å². The summed E-state index contributed by atoms with van der Waals surface area (Å²) in [5.74, 6) is 0.312. The SMILES string of the molecule is COc1ccc(C)cc1S(=O)(=O)Nc1ccc2nc(N3CCOCC3)sc2c1. The maximum atomic E-state index is 12.9. The van der Waals surface area contributed by atoms with E-state index in [1.807, 2.05) is 25.1 Å². The molecule has 2 heterocycles. The Balaban J connectivity index is 1.63. The summed E-state index contributed by atoms with van der Waals surface area (Å²) in [7, 11) is -2.32. The van der Waals surface area contributed by atoms with Crippen LogP contribution in [0.5, 0.6) is 5.75 Å². The third kappa shape index (κ3) is 3.78. The van der Waals surface area contributed by atoms with E-state index in [-0.39, 0.29) is 4.90 Å². The van der Waals surface area contributed by atoms with Crippen LogP contribution in [0.2, 0.25) is 0 Å². The fourth-order valence-electron chi connectivity index (χ4n) is 3.07. The van der Waals surface area contributed by atoms with Crippen molar-refractivity contribution in [2.45, 2.75) is 11.8 Å². The smallest absolute Gasteiger partial charge is 0.265 e. The summed E-state index contributed by atoms with van der Waals surface area (Å²) in [6, 6.07) is 10.4. The Hall–Kier alpha value is -2.36. The predicted octanol–water partition coefficient (Wildman–Crippen LogP) is 3.25. The minimum absolute atomic E-state index is 0.119. The molecule has 0 unspecified atom stereocenters. The van der Waals surface area contributed by atoms with Crippen molar-refractivity contribution in [3.8, 4) is 5.75 Å². The van der Waals surface area contributed by atoms with E-state index in [0.29, 0.717) is 24.7 Å². The number of fused-ring (bicyclic) bond motifs is 1. The van der Waals surface area contributed by atoms with Gasteiger partial charge in [0.2, 0.25) is 0 Å². The number of aromatic nitrogens is 1. The van der Waals surface area contributed by atoms with Crippen molar-refractivity contribution in [1.29, 1.82) is 0 Å². The molecule has 1 aliphatic rings. The van der Waals surface area contributed by atoms with Crippen molar-refractivity contribution in [2.24, 2.45) is 0 Å². The van der Waals surface area contributed by atoms with Gasteiger partial charge >= 0.3 is 0 Å². The van der Waals surface area contributed by atoms with Crippen LogP contribution in [-0.4, -0.2) is 46.8 Å². The van der Waals surface area contributed by atoms with Crippen molar-refractivity contribution < 1.29 is 17.9 Å². The Morgan fingerprint density at radius 3 is 2.71 bits per heavy atom. The van der Waals surface area contributed by atoms with Crippen LogP contribution < -0.4 is 14.4 Å². The van der Waals surface area contributed by atoms with E-state index in [4.69, 9.17) is 9.47 Å². The average Bonchev–Trinajstić information content (AvgIpc) is 3.12. The van der Waals surface area contributed by atoms with Crippen LogP contribution in [0.25, 0.3) is 10.2 Å². The maximum absolute atomic E-state index is 12.9. The number of methoxy groups -OCH3 is 1. The van der Waals surface area contributed by atoms with Crippen molar-refractivity contribution in [3.05, 3.63) is 42.0 Å². The van der Waals surface area contributed by atoms with E-state index >= 15 is 0 Å². The molecule has 1 N–H and O–H groups in total. The molecule has 2 aromatic carbocycles. The number of benzene rings is 2. The first-order chi connectivity index (χ1) is 13.5. The molecule has 0 atom stereocenters. The van der Waals surface area contributed by atoms with Crippen LogP contribution in [0.3, 0.4) is 0 Å². The number of morpholine rings is 1. The van der Waals surface area contributed by atoms with Crippen LogP contribution in [0.15, 0.2) is 41.3 Å². The molecule has 1 aromatic heterocycles. The first kappa shape index (κ1) is 19.0. The predicted molar refractivity (Wildman–Crippen MR) is 111 cm³/mol. The maximum Gasteiger partial charge on any atom is 0.265 e. The second-order valence-electron chi connectivity index (χ2n) is 6.54. The first-order valence-electron chi connectivity index (χ1n) is 8.87. The summed E-state index contributed by atoms with van der Waals surface area (Å²) in [5.41, 5.74) is 2.19. The molecule has 148 valence electrons. The number of hydrogen-bond acceptors (Lipinski definition) is 7. The number of sulfonamides is 1. The van der Waals surface area contributed by atoms with Gasteiger partial charge in [-0.25, -0.2) is 13.4 Å². The van der Waals surface area contributed by atoms with Crippen LogP contribution in [0, 0.1) is 6.92 Å². The highest BCUT2D eigenvalue weighted by molar-refractivity contribution is 7.92. The number of nitrogens with zero attached hydrogens (tertiary/aromatic N) is 2. The lowest BCUT2D eigenvalue weighted by Crippen LogP contribution is -2.36. The highest BCUT2D eigenvalue weighted by atomic mass is 32.2. The minimum atomic E-state index is -3.78. The number of anilines is 2. The molecule has 7 nitrogen and oxygen atoms in total. The topological polar surface area (TPSA) is 80.8 Å². The third-order valence-corrected chi connectivity index (χ3v) is 7.00. The fourth-order valence-corrected chi connectivity index (χ4v) is 5.43. The Kier molecular flexibility index (Phi) is 5.13. The molecule has 0 saturated carbocycles. The number of rotatable bonds is 5. The molecule has 28 heavy (non-hydrogen) atoms. The van der Waals surface area contributed by atoms with Gasteiger partial charge in [0, 0.05) is 13.1 Å². The molecule has 0 bridgehead atoms. The first-order valence-corrected chi connectivity index (χ1v) is 11.2. The van der Waals surface area contributed by atoms with Crippen LogP contribution >= 0.6 is 11.3 Å². The standard InChI is InChI=1S/C19H21N3O4S2/c1-13-3-6-16(25-2)18(11-13)28(23,24)21-14-4-5-15-17(12-14)27-19(20-15)22-7-9-26-10-8-22/h3-6,11-12,21H,7-10H2,1-2H3. The highest BCUT2D eigenvalue weighted by Gasteiger charge is 2.21. The Morgan fingerprint density at radius 1 is 1.18 bits per heavy atom. The summed E-state index contributed by atoms with van der Waals surface area (Å²) in [5, 5.41) is 0.929. The van der Waals surface area contributed by atoms with Crippen LogP contribution in [0.1, 0.15) is 5.56 Å². The van der Waals surface area contributed by atoms with Crippen LogP contribution in [-0.2, 0) is 14.8 Å². The number of aryl methyl sites for hydroxylation is 1. The van der Waals surface area contributed by atoms with Crippen molar-refractivity contribution in [2.75, 3.05) is 43.0 Å². The van der Waals surface area contributed by atoms with E-state index < -0.39 is 10.0 Å². The largest absolute Gasteiger partial charge is 0.495 e. The molecule has 1 fully saturated rings. The monoisotopic (exact) mass is 419 g/mol. The summed E-state index contributed by atoms with van der Waals surface area (Å²) in [6.45, 7) is 4.85. The van der Waals surface area contributed by atoms with Gasteiger partial charge in [-0.3, -0.25) is 4.72 Å². The Bertz CT molecular complexity index is 1110. The third-order valence-electron chi connectivity index (χ3n) is 4.52. The summed E-state index contributed by atoms with van der Waals surface area (Å²) in [6.07, 6.45) is 0. The van der Waals surface area contributed by atoms with Gasteiger partial charge < -0.3 is 14.4 Å². The summed E-state index contributed by atoms with van der Waals surface area (Å²) >= 11 is 1.55. The van der Waals surface area contributed by atoms with E-state index in [0.717, 1.165) is 34.0 Å². The number of hydrogen-bond donors (Lipinski definition) is 1. The van der Waals surface area contributed by atoms with Gasteiger partial charge in [-0.1, -0.05) is 17.4 Å². The Morgan fingerprint density at radius 2 is 1.96 bits per heavy atom. The molecular weight excluding hydrogens is 398 g/mol. The number of thiazole rings is 1. The molecule has 3 aromatic rings. The molecule has 1 aliphatic heterocycles. The summed E-state index contributed by atoms with van der Waals surface area (Å²) in [4.78, 5) is 6.97. The summed E-state index contributed by atoms with van der Waals surface area (Å²) < 4.78 is 40.0. The molecular formula is C19H21N3O4S2. The van der Waals surface area contributed by atoms with E-state index in [1.54, 1.807) is 29.5 Å². The number of nitrogens with one attached hydrogen (secondary N) is 1. The second-order valence-corrected chi connectivity index (χ2v) is 9.20. The second kappa shape index (κ2) is 7.57. The van der Waals surface area contributed by atoms with E-state index in [9.17, 15) is 8.42 Å². The normalized spacial score (nSPS) is 15.0. The van der Waals surface area contributed by atoms with Crippen molar-refractivity contribution in [3.63, 3.8) is 0 Å². The zero-order chi connectivity index (χ0) is 19.7. The molecule has 0 radical (unpaired) electrons. The lowest BCUT2D eigenvalue weighted by Gasteiger charge is -2.25. The Labute approximate surface area is 168 Å². The van der Waals surface area contributed by atoms with E-state index in [2.05, 4.69) is 14.6 Å². The minimum Gasteiger partial charge on any atom is -0.495 e. The van der Waals surface area contributed by atoms with Gasteiger partial charge in [0.25, 0.3) is 10.0 Å². The quantitative estimate of drug-likeness (QED) is 0.684. The molecule has 9 heteroatoms. The average molecular weight is 420 g/mol. The number of ether oxygens (including phenoxy) is 2. The van der Waals surface area contributed by atoms with Gasteiger partial charge in [0.15, 0.2) is 5.13 Å². The fraction of sp³-hybridized carbons (Fsp3) is 0.316. The van der Waals surface area contributed by atoms with Gasteiger partial charge in [-0.2, -0.15) is 0 Å². The zero-order valence-electron chi connectivity index (χ0n) is 15.6. The molecule has 4 rings (SSSR count). The van der Waals surface area contributed by atoms with Gasteiger partial charge in [0.05, 0.1) is 36.2 Å².